The number of nitrogens with one attached hydrogen (secondary N) is 1. The maximum absolute atomic E-state index is 12.1. The molecule has 0 atom stereocenters. The zero-order valence-electron chi connectivity index (χ0n) is 15.2. The number of amides is 2. The lowest BCUT2D eigenvalue weighted by Crippen LogP contribution is -2.20. The van der Waals surface area contributed by atoms with Crippen LogP contribution in [0.15, 0.2) is 48.5 Å². The average molecular weight is 370 g/mol. The summed E-state index contributed by atoms with van der Waals surface area (Å²) in [6, 6.07) is 12.5. The van der Waals surface area contributed by atoms with Crippen LogP contribution in [0.4, 0.5) is 5.69 Å². The van der Waals surface area contributed by atoms with Gasteiger partial charge in [0.15, 0.2) is 18.1 Å². The van der Waals surface area contributed by atoms with Gasteiger partial charge < -0.3 is 25.3 Å². The molecule has 0 heterocycles. The third-order valence-electron chi connectivity index (χ3n) is 3.49. The molecule has 0 aliphatic heterocycles. The highest BCUT2D eigenvalue weighted by Crippen LogP contribution is 2.28. The van der Waals surface area contributed by atoms with Crippen molar-refractivity contribution in [3.63, 3.8) is 0 Å². The second-order valence-electron chi connectivity index (χ2n) is 5.62. The Hall–Kier alpha value is -3.32. The summed E-state index contributed by atoms with van der Waals surface area (Å²) in [6.45, 7) is 0.236. The summed E-state index contributed by atoms with van der Waals surface area (Å²) in [5, 5.41) is 2.80. The van der Waals surface area contributed by atoms with Crippen LogP contribution in [0.25, 0.3) is 6.08 Å². The Morgan fingerprint density at radius 2 is 1.93 bits per heavy atom. The number of ether oxygens (including phenoxy) is 3. The van der Waals surface area contributed by atoms with E-state index in [4.69, 9.17) is 19.9 Å². The standard InChI is InChI=1S/C20H22N2O5/c1-25-12-15-4-3-5-16(10-15)22-20(24)9-7-14-6-8-17(18(11-14)26-2)27-13-19(21)23/h3-11H,12-13H2,1-2H3,(H2,21,23)(H,22,24)/b9-7+. The van der Waals surface area contributed by atoms with Crippen molar-refractivity contribution in [1.82, 2.24) is 0 Å². The third-order valence-corrected chi connectivity index (χ3v) is 3.49. The van der Waals surface area contributed by atoms with Crippen LogP contribution in [0, 0.1) is 0 Å². The topological polar surface area (TPSA) is 99.9 Å². The van der Waals surface area contributed by atoms with Gasteiger partial charge in [0.1, 0.15) is 0 Å². The number of benzene rings is 2. The van der Waals surface area contributed by atoms with E-state index in [0.29, 0.717) is 23.8 Å². The van der Waals surface area contributed by atoms with E-state index in [1.807, 2.05) is 18.2 Å². The molecule has 0 radical (unpaired) electrons. The van der Waals surface area contributed by atoms with E-state index >= 15 is 0 Å². The quantitative estimate of drug-likeness (QED) is 0.660. The Kier molecular flexibility index (Phi) is 7.39. The van der Waals surface area contributed by atoms with Gasteiger partial charge in [0, 0.05) is 18.9 Å². The van der Waals surface area contributed by atoms with Crippen LogP contribution in [0.3, 0.4) is 0 Å². The maximum Gasteiger partial charge on any atom is 0.255 e. The van der Waals surface area contributed by atoms with E-state index in [1.165, 1.54) is 13.2 Å². The molecule has 0 aromatic heterocycles. The molecule has 0 bridgehead atoms. The summed E-state index contributed by atoms with van der Waals surface area (Å²) in [7, 11) is 3.10. The molecule has 2 amide bonds. The highest BCUT2D eigenvalue weighted by molar-refractivity contribution is 6.02. The van der Waals surface area contributed by atoms with Crippen molar-refractivity contribution in [2.75, 3.05) is 26.1 Å². The molecule has 0 aliphatic carbocycles. The SMILES string of the molecule is COCc1cccc(NC(=O)/C=C/c2ccc(OCC(N)=O)c(OC)c2)c1. The van der Waals surface area contributed by atoms with E-state index in [9.17, 15) is 9.59 Å². The van der Waals surface area contributed by atoms with E-state index in [2.05, 4.69) is 5.32 Å². The minimum absolute atomic E-state index is 0.240. The monoisotopic (exact) mass is 370 g/mol. The first-order valence-electron chi connectivity index (χ1n) is 8.18. The minimum atomic E-state index is -0.577. The largest absolute Gasteiger partial charge is 0.493 e. The molecule has 0 saturated heterocycles. The van der Waals surface area contributed by atoms with E-state index in [1.54, 1.807) is 37.5 Å². The van der Waals surface area contributed by atoms with Crippen LogP contribution in [-0.4, -0.2) is 32.6 Å². The molecule has 7 heteroatoms. The van der Waals surface area contributed by atoms with Gasteiger partial charge in [-0.3, -0.25) is 9.59 Å². The molecule has 0 aliphatic rings. The zero-order chi connectivity index (χ0) is 19.6. The number of primary amides is 1. The Balaban J connectivity index is 2.02. The van der Waals surface area contributed by atoms with Gasteiger partial charge in [-0.1, -0.05) is 18.2 Å². The smallest absolute Gasteiger partial charge is 0.255 e. The fourth-order valence-electron chi connectivity index (χ4n) is 2.32. The summed E-state index contributed by atoms with van der Waals surface area (Å²) < 4.78 is 15.6. The number of carbonyl (C=O) groups is 2. The Morgan fingerprint density at radius 3 is 2.63 bits per heavy atom. The Morgan fingerprint density at radius 1 is 1.11 bits per heavy atom. The van der Waals surface area contributed by atoms with Gasteiger partial charge in [-0.05, 0) is 41.5 Å². The predicted octanol–water partition coefficient (Wildman–Crippen LogP) is 2.36. The van der Waals surface area contributed by atoms with Crippen molar-refractivity contribution < 1.29 is 23.8 Å². The molecule has 0 fully saturated rings. The normalized spacial score (nSPS) is 10.6. The summed E-state index contributed by atoms with van der Waals surface area (Å²) >= 11 is 0. The molecule has 142 valence electrons. The fourth-order valence-corrected chi connectivity index (χ4v) is 2.32. The third kappa shape index (κ3) is 6.48. The van der Waals surface area contributed by atoms with Crippen LogP contribution < -0.4 is 20.5 Å². The number of hydrogen-bond donors (Lipinski definition) is 2. The minimum Gasteiger partial charge on any atom is -0.493 e. The van der Waals surface area contributed by atoms with Crippen LogP contribution in [-0.2, 0) is 20.9 Å². The lowest BCUT2D eigenvalue weighted by molar-refractivity contribution is -0.120. The van der Waals surface area contributed by atoms with Crippen LogP contribution in [0.2, 0.25) is 0 Å². The fraction of sp³-hybridized carbons (Fsp3) is 0.200. The first-order valence-corrected chi connectivity index (χ1v) is 8.18. The molecular weight excluding hydrogens is 348 g/mol. The van der Waals surface area contributed by atoms with Crippen LogP contribution in [0.5, 0.6) is 11.5 Å². The van der Waals surface area contributed by atoms with Gasteiger partial charge in [0.05, 0.1) is 13.7 Å². The van der Waals surface area contributed by atoms with Crippen molar-refractivity contribution in [1.29, 1.82) is 0 Å². The summed E-state index contributed by atoms with van der Waals surface area (Å²) in [6.07, 6.45) is 3.07. The molecular formula is C20H22N2O5. The van der Waals surface area contributed by atoms with Crippen LogP contribution in [0.1, 0.15) is 11.1 Å². The molecule has 0 spiro atoms. The van der Waals surface area contributed by atoms with E-state index in [-0.39, 0.29) is 12.5 Å². The number of methoxy groups -OCH3 is 2. The molecule has 3 N–H and O–H groups in total. The van der Waals surface area contributed by atoms with Gasteiger partial charge >= 0.3 is 0 Å². The first kappa shape index (κ1) is 20.0. The molecule has 2 aromatic carbocycles. The number of rotatable bonds is 9. The number of nitrogens with two attached hydrogens (primary N) is 1. The maximum atomic E-state index is 12.1. The zero-order valence-corrected chi connectivity index (χ0v) is 15.2. The van der Waals surface area contributed by atoms with Crippen molar-refractivity contribution in [2.24, 2.45) is 5.73 Å². The van der Waals surface area contributed by atoms with Gasteiger partial charge in [-0.2, -0.15) is 0 Å². The lowest BCUT2D eigenvalue weighted by atomic mass is 10.2. The van der Waals surface area contributed by atoms with Gasteiger partial charge in [0.2, 0.25) is 5.91 Å². The molecule has 2 rings (SSSR count). The second-order valence-corrected chi connectivity index (χ2v) is 5.62. The van der Waals surface area contributed by atoms with Crippen molar-refractivity contribution >= 4 is 23.6 Å². The van der Waals surface area contributed by atoms with Crippen LogP contribution >= 0.6 is 0 Å². The lowest BCUT2D eigenvalue weighted by Gasteiger charge is -2.10. The number of carbonyl (C=O) groups excluding carboxylic acids is 2. The van der Waals surface area contributed by atoms with Crippen molar-refractivity contribution in [3.05, 3.63) is 59.7 Å². The highest BCUT2D eigenvalue weighted by Gasteiger charge is 2.07. The Bertz CT molecular complexity index is 833. The molecule has 0 unspecified atom stereocenters. The number of hydrogen-bond acceptors (Lipinski definition) is 5. The molecule has 0 saturated carbocycles. The summed E-state index contributed by atoms with van der Waals surface area (Å²) in [5.74, 6) is -0.0104. The Labute approximate surface area is 157 Å². The van der Waals surface area contributed by atoms with Gasteiger partial charge in [-0.15, -0.1) is 0 Å². The van der Waals surface area contributed by atoms with E-state index < -0.39 is 5.91 Å². The van der Waals surface area contributed by atoms with E-state index in [0.717, 1.165) is 11.1 Å². The highest BCUT2D eigenvalue weighted by atomic mass is 16.5. The first-order chi connectivity index (χ1) is 13.0. The predicted molar refractivity (Wildman–Crippen MR) is 103 cm³/mol. The average Bonchev–Trinajstić information content (AvgIpc) is 2.65. The molecule has 2 aromatic rings. The van der Waals surface area contributed by atoms with Gasteiger partial charge in [-0.25, -0.2) is 0 Å². The van der Waals surface area contributed by atoms with Gasteiger partial charge in [0.25, 0.3) is 5.91 Å². The van der Waals surface area contributed by atoms with Crippen molar-refractivity contribution in [2.45, 2.75) is 6.61 Å². The molecule has 7 nitrogen and oxygen atoms in total. The summed E-state index contributed by atoms with van der Waals surface area (Å²) in [4.78, 5) is 22.9. The van der Waals surface area contributed by atoms with Crippen molar-refractivity contribution in [3.8, 4) is 11.5 Å². The summed E-state index contributed by atoms with van der Waals surface area (Å²) in [5.41, 5.74) is 7.46. The molecule has 27 heavy (non-hydrogen) atoms. The number of anilines is 1. The second kappa shape index (κ2) is 9.98.